The fourth-order valence-corrected chi connectivity index (χ4v) is 2.51. The van der Waals surface area contributed by atoms with E-state index in [1.165, 1.54) is 44.9 Å². The molecule has 0 heterocycles. The second kappa shape index (κ2) is 10.4. The normalized spacial score (nSPS) is 12.3. The average Bonchev–Trinajstić information content (AvgIpc) is 2.39. The van der Waals surface area contributed by atoms with Crippen LogP contribution in [0.2, 0.25) is 0 Å². The SMILES string of the molecule is CCCCCCCCCC(Br)Oc1ccccc1. The minimum absolute atomic E-state index is 0.149. The number of hydrogen-bond donors (Lipinski definition) is 0. The highest BCUT2D eigenvalue weighted by Crippen LogP contribution is 2.18. The van der Waals surface area contributed by atoms with Crippen molar-refractivity contribution in [3.63, 3.8) is 0 Å². The molecule has 18 heavy (non-hydrogen) atoms. The zero-order valence-corrected chi connectivity index (χ0v) is 13.0. The Balaban J connectivity index is 1.99. The third-order valence-electron chi connectivity index (χ3n) is 3.04. The van der Waals surface area contributed by atoms with Gasteiger partial charge in [0.1, 0.15) is 5.75 Å². The van der Waals surface area contributed by atoms with Crippen molar-refractivity contribution in [2.24, 2.45) is 0 Å². The van der Waals surface area contributed by atoms with Crippen LogP contribution in [0, 0.1) is 0 Å². The highest BCUT2D eigenvalue weighted by molar-refractivity contribution is 9.09. The van der Waals surface area contributed by atoms with Crippen LogP contribution in [0.4, 0.5) is 0 Å². The molecule has 0 aliphatic heterocycles. The zero-order valence-electron chi connectivity index (χ0n) is 11.4. The Hall–Kier alpha value is -0.500. The van der Waals surface area contributed by atoms with Crippen LogP contribution < -0.4 is 4.74 Å². The molecular formula is C16H25BrO. The van der Waals surface area contributed by atoms with Crippen molar-refractivity contribution in [2.75, 3.05) is 0 Å². The van der Waals surface area contributed by atoms with Crippen molar-refractivity contribution in [2.45, 2.75) is 63.3 Å². The van der Waals surface area contributed by atoms with Crippen LogP contribution in [0.15, 0.2) is 30.3 Å². The molecule has 0 fully saturated rings. The summed E-state index contributed by atoms with van der Waals surface area (Å²) in [5, 5.41) is 0.149. The second-order valence-electron chi connectivity index (χ2n) is 4.75. The van der Waals surface area contributed by atoms with E-state index in [0.717, 1.165) is 12.2 Å². The van der Waals surface area contributed by atoms with Crippen molar-refractivity contribution in [3.05, 3.63) is 30.3 Å². The lowest BCUT2D eigenvalue weighted by Gasteiger charge is -2.12. The summed E-state index contributed by atoms with van der Waals surface area (Å²) in [5.74, 6) is 0.947. The molecule has 0 aliphatic carbocycles. The first kappa shape index (κ1) is 15.6. The van der Waals surface area contributed by atoms with Crippen LogP contribution in [0.25, 0.3) is 0 Å². The lowest BCUT2D eigenvalue weighted by Crippen LogP contribution is -2.07. The molecule has 1 atom stereocenters. The third-order valence-corrected chi connectivity index (χ3v) is 3.69. The molecule has 0 radical (unpaired) electrons. The van der Waals surface area contributed by atoms with Crippen LogP contribution >= 0.6 is 15.9 Å². The lowest BCUT2D eigenvalue weighted by atomic mass is 10.1. The molecule has 0 N–H and O–H groups in total. The molecule has 2 heteroatoms. The Bertz CT molecular complexity index is 286. The quantitative estimate of drug-likeness (QED) is 0.384. The number of alkyl halides is 1. The maximum atomic E-state index is 5.78. The first-order valence-corrected chi connectivity index (χ1v) is 8.10. The van der Waals surface area contributed by atoms with Crippen molar-refractivity contribution in [3.8, 4) is 5.75 Å². The fourth-order valence-electron chi connectivity index (χ4n) is 1.97. The van der Waals surface area contributed by atoms with Gasteiger partial charge in [-0.15, -0.1) is 0 Å². The van der Waals surface area contributed by atoms with E-state index in [9.17, 15) is 0 Å². The van der Waals surface area contributed by atoms with Gasteiger partial charge in [-0.2, -0.15) is 0 Å². The van der Waals surface area contributed by atoms with Crippen LogP contribution in [0.5, 0.6) is 5.75 Å². The summed E-state index contributed by atoms with van der Waals surface area (Å²) in [6.45, 7) is 2.26. The Kier molecular flexibility index (Phi) is 9.01. The van der Waals surface area contributed by atoms with E-state index >= 15 is 0 Å². The molecular weight excluding hydrogens is 288 g/mol. The van der Waals surface area contributed by atoms with Crippen molar-refractivity contribution >= 4 is 15.9 Å². The second-order valence-corrected chi connectivity index (χ2v) is 5.77. The maximum absolute atomic E-state index is 5.78. The number of para-hydroxylation sites is 1. The summed E-state index contributed by atoms with van der Waals surface area (Å²) in [4.78, 5) is 0. The Morgan fingerprint density at radius 3 is 2.22 bits per heavy atom. The first-order chi connectivity index (χ1) is 8.83. The van der Waals surface area contributed by atoms with Gasteiger partial charge in [0.25, 0.3) is 0 Å². The summed E-state index contributed by atoms with van der Waals surface area (Å²) in [5.41, 5.74) is 0. The largest absolute Gasteiger partial charge is 0.479 e. The molecule has 0 saturated carbocycles. The van der Waals surface area contributed by atoms with Gasteiger partial charge in [-0.25, -0.2) is 0 Å². The first-order valence-electron chi connectivity index (χ1n) is 7.18. The number of rotatable bonds is 10. The molecule has 1 unspecified atom stereocenters. The van der Waals surface area contributed by atoms with E-state index in [0.29, 0.717) is 0 Å². The van der Waals surface area contributed by atoms with Crippen LogP contribution in [-0.4, -0.2) is 5.01 Å². The van der Waals surface area contributed by atoms with Crippen LogP contribution in [0.3, 0.4) is 0 Å². The van der Waals surface area contributed by atoms with Crippen molar-refractivity contribution in [1.29, 1.82) is 0 Å². The zero-order chi connectivity index (χ0) is 13.1. The van der Waals surface area contributed by atoms with Gasteiger partial charge in [0.2, 0.25) is 0 Å². The van der Waals surface area contributed by atoms with Gasteiger partial charge in [-0.05, 0) is 40.9 Å². The van der Waals surface area contributed by atoms with E-state index < -0.39 is 0 Å². The van der Waals surface area contributed by atoms with E-state index in [2.05, 4.69) is 22.9 Å². The lowest BCUT2D eigenvalue weighted by molar-refractivity contribution is 0.277. The molecule has 1 nitrogen and oxygen atoms in total. The number of unbranched alkanes of at least 4 members (excludes halogenated alkanes) is 6. The monoisotopic (exact) mass is 312 g/mol. The van der Waals surface area contributed by atoms with Gasteiger partial charge in [0.15, 0.2) is 5.01 Å². The standard InChI is InChI=1S/C16H25BrO/c1-2-3-4-5-6-7-11-14-16(17)18-15-12-9-8-10-13-15/h8-10,12-13,16H,2-7,11,14H2,1H3. The minimum atomic E-state index is 0.149. The van der Waals surface area contributed by atoms with Crippen molar-refractivity contribution < 1.29 is 4.74 Å². The van der Waals surface area contributed by atoms with Gasteiger partial charge < -0.3 is 4.74 Å². The summed E-state index contributed by atoms with van der Waals surface area (Å²) in [7, 11) is 0. The smallest absolute Gasteiger partial charge is 0.153 e. The minimum Gasteiger partial charge on any atom is -0.479 e. The van der Waals surface area contributed by atoms with Gasteiger partial charge in [-0.1, -0.05) is 63.6 Å². The van der Waals surface area contributed by atoms with E-state index in [4.69, 9.17) is 4.74 Å². The topological polar surface area (TPSA) is 9.23 Å². The predicted octanol–water partition coefficient (Wildman–Crippen LogP) is 5.93. The number of halogens is 1. The molecule has 0 aromatic heterocycles. The van der Waals surface area contributed by atoms with Gasteiger partial charge in [-0.3, -0.25) is 0 Å². The number of benzene rings is 1. The molecule has 0 saturated heterocycles. The molecule has 1 aromatic carbocycles. The Labute approximate surface area is 120 Å². The van der Waals surface area contributed by atoms with Crippen LogP contribution in [-0.2, 0) is 0 Å². The number of hydrogen-bond acceptors (Lipinski definition) is 1. The maximum Gasteiger partial charge on any atom is 0.153 e. The highest BCUT2D eigenvalue weighted by atomic mass is 79.9. The number of ether oxygens (including phenoxy) is 1. The van der Waals surface area contributed by atoms with Gasteiger partial charge >= 0.3 is 0 Å². The summed E-state index contributed by atoms with van der Waals surface area (Å²) in [6, 6.07) is 10.0. The third kappa shape index (κ3) is 7.75. The van der Waals surface area contributed by atoms with Crippen molar-refractivity contribution in [1.82, 2.24) is 0 Å². The molecule has 102 valence electrons. The average molecular weight is 313 g/mol. The Morgan fingerprint density at radius 2 is 1.56 bits per heavy atom. The molecule has 0 amide bonds. The molecule has 0 aliphatic rings. The summed E-state index contributed by atoms with van der Waals surface area (Å²) in [6.07, 6.45) is 10.5. The predicted molar refractivity (Wildman–Crippen MR) is 82.4 cm³/mol. The molecule has 0 bridgehead atoms. The highest BCUT2D eigenvalue weighted by Gasteiger charge is 2.04. The van der Waals surface area contributed by atoms with Gasteiger partial charge in [0, 0.05) is 0 Å². The van der Waals surface area contributed by atoms with E-state index in [-0.39, 0.29) is 5.01 Å². The molecule has 1 rings (SSSR count). The van der Waals surface area contributed by atoms with Crippen LogP contribution in [0.1, 0.15) is 58.3 Å². The Morgan fingerprint density at radius 1 is 0.944 bits per heavy atom. The molecule has 0 spiro atoms. The molecule has 1 aromatic rings. The van der Waals surface area contributed by atoms with E-state index in [1.807, 2.05) is 30.3 Å². The summed E-state index contributed by atoms with van der Waals surface area (Å²) < 4.78 is 5.78. The van der Waals surface area contributed by atoms with E-state index in [1.54, 1.807) is 0 Å². The summed E-state index contributed by atoms with van der Waals surface area (Å²) >= 11 is 3.59. The van der Waals surface area contributed by atoms with Gasteiger partial charge in [0.05, 0.1) is 0 Å². The fraction of sp³-hybridized carbons (Fsp3) is 0.625.